The Bertz CT molecular complexity index is 449. The van der Waals surface area contributed by atoms with Crippen LogP contribution in [-0.2, 0) is 16.0 Å². The standard InChI is InChI=1S/C16H26N2O2S/c1-13-3-4-15(21-13)11-18-10-14-9-17(5-7-19-2)6-8-20-16(14)12-18/h3-4,14,16H,5-12H2,1-2H3/t14-,16+/m0/s1. The number of fused-ring (bicyclic) bond motifs is 1. The Labute approximate surface area is 131 Å². The predicted molar refractivity (Wildman–Crippen MR) is 85.9 cm³/mol. The first-order chi connectivity index (χ1) is 10.2. The van der Waals surface area contributed by atoms with E-state index in [-0.39, 0.29) is 0 Å². The van der Waals surface area contributed by atoms with Gasteiger partial charge in [-0.15, -0.1) is 11.3 Å². The van der Waals surface area contributed by atoms with Crippen LogP contribution in [0, 0.1) is 12.8 Å². The summed E-state index contributed by atoms with van der Waals surface area (Å²) in [6, 6.07) is 4.48. The van der Waals surface area contributed by atoms with E-state index in [4.69, 9.17) is 9.47 Å². The lowest BCUT2D eigenvalue weighted by Gasteiger charge is -2.22. The van der Waals surface area contributed by atoms with Gasteiger partial charge >= 0.3 is 0 Å². The van der Waals surface area contributed by atoms with Gasteiger partial charge in [0.25, 0.3) is 0 Å². The van der Waals surface area contributed by atoms with Crippen LogP contribution in [0.15, 0.2) is 12.1 Å². The zero-order valence-corrected chi connectivity index (χ0v) is 13.9. The van der Waals surface area contributed by atoms with Gasteiger partial charge in [-0.1, -0.05) is 0 Å². The molecule has 0 radical (unpaired) electrons. The second kappa shape index (κ2) is 7.20. The first kappa shape index (κ1) is 15.4. The maximum absolute atomic E-state index is 6.09. The number of ether oxygens (including phenoxy) is 2. The van der Waals surface area contributed by atoms with Crippen molar-refractivity contribution in [3.05, 3.63) is 21.9 Å². The molecule has 1 aromatic heterocycles. The van der Waals surface area contributed by atoms with Gasteiger partial charge in [0.05, 0.1) is 19.3 Å². The van der Waals surface area contributed by atoms with Crippen molar-refractivity contribution in [1.29, 1.82) is 0 Å². The summed E-state index contributed by atoms with van der Waals surface area (Å²) in [7, 11) is 1.78. The Morgan fingerprint density at radius 2 is 2.14 bits per heavy atom. The average molecular weight is 310 g/mol. The van der Waals surface area contributed by atoms with Crippen LogP contribution in [0.1, 0.15) is 9.75 Å². The van der Waals surface area contributed by atoms with E-state index < -0.39 is 0 Å². The molecule has 2 aliphatic heterocycles. The van der Waals surface area contributed by atoms with Crippen molar-refractivity contribution in [2.24, 2.45) is 5.92 Å². The van der Waals surface area contributed by atoms with Gasteiger partial charge in [-0.05, 0) is 19.1 Å². The zero-order valence-electron chi connectivity index (χ0n) is 13.1. The zero-order chi connectivity index (χ0) is 14.7. The van der Waals surface area contributed by atoms with Crippen molar-refractivity contribution in [2.75, 3.05) is 53.0 Å². The summed E-state index contributed by atoms with van der Waals surface area (Å²) in [6.07, 6.45) is 0.415. The van der Waals surface area contributed by atoms with Crippen LogP contribution < -0.4 is 0 Å². The van der Waals surface area contributed by atoms with Crippen LogP contribution in [0.5, 0.6) is 0 Å². The highest BCUT2D eigenvalue weighted by Crippen LogP contribution is 2.26. The first-order valence-electron chi connectivity index (χ1n) is 7.85. The van der Waals surface area contributed by atoms with E-state index >= 15 is 0 Å². The molecule has 0 unspecified atom stereocenters. The summed E-state index contributed by atoms with van der Waals surface area (Å²) in [5, 5.41) is 0. The molecule has 0 spiro atoms. The molecule has 2 saturated heterocycles. The van der Waals surface area contributed by atoms with Gasteiger partial charge in [0.2, 0.25) is 0 Å². The molecule has 5 heteroatoms. The number of likely N-dealkylation sites (tertiary alicyclic amines) is 1. The largest absolute Gasteiger partial charge is 0.383 e. The van der Waals surface area contributed by atoms with Crippen LogP contribution in [-0.4, -0.2) is 69.0 Å². The lowest BCUT2D eigenvalue weighted by Crippen LogP contribution is -2.34. The SMILES string of the molecule is COCCN1CCO[C@@H]2CN(Cc3ccc(C)s3)C[C@@H]2C1. The summed E-state index contributed by atoms with van der Waals surface area (Å²) in [5.41, 5.74) is 0. The Kier molecular flexibility index (Phi) is 5.29. The minimum Gasteiger partial charge on any atom is -0.383 e. The molecule has 0 N–H and O–H groups in total. The van der Waals surface area contributed by atoms with E-state index in [9.17, 15) is 0 Å². The molecule has 2 aliphatic rings. The highest BCUT2D eigenvalue weighted by molar-refractivity contribution is 7.11. The van der Waals surface area contributed by atoms with Crippen molar-refractivity contribution in [3.63, 3.8) is 0 Å². The molecule has 3 rings (SSSR count). The summed E-state index contributed by atoms with van der Waals surface area (Å²) in [4.78, 5) is 7.92. The van der Waals surface area contributed by atoms with E-state index in [0.717, 1.165) is 52.5 Å². The van der Waals surface area contributed by atoms with Gasteiger partial charge in [-0.3, -0.25) is 9.80 Å². The number of rotatable bonds is 5. The van der Waals surface area contributed by atoms with Crippen molar-refractivity contribution in [3.8, 4) is 0 Å². The fourth-order valence-corrected chi connectivity index (χ4v) is 4.32. The Balaban J connectivity index is 1.54. The van der Waals surface area contributed by atoms with E-state index in [1.807, 2.05) is 11.3 Å². The number of thiophene rings is 1. The summed E-state index contributed by atoms with van der Waals surface area (Å²) in [5.74, 6) is 0.644. The van der Waals surface area contributed by atoms with Gasteiger partial charge in [-0.2, -0.15) is 0 Å². The van der Waals surface area contributed by atoms with E-state index in [1.165, 1.54) is 9.75 Å². The van der Waals surface area contributed by atoms with E-state index in [1.54, 1.807) is 7.11 Å². The minimum atomic E-state index is 0.415. The summed E-state index contributed by atoms with van der Waals surface area (Å²) in [6.45, 7) is 10.4. The highest BCUT2D eigenvalue weighted by atomic mass is 32.1. The molecule has 0 saturated carbocycles. The third-order valence-electron chi connectivity index (χ3n) is 4.48. The van der Waals surface area contributed by atoms with Crippen LogP contribution in [0.25, 0.3) is 0 Å². The molecule has 0 aromatic carbocycles. The second-order valence-corrected chi connectivity index (χ2v) is 7.54. The Hall–Kier alpha value is -0.460. The molecule has 1 aromatic rings. The third-order valence-corrected chi connectivity index (χ3v) is 5.46. The van der Waals surface area contributed by atoms with E-state index in [0.29, 0.717) is 12.0 Å². The van der Waals surface area contributed by atoms with E-state index in [2.05, 4.69) is 28.9 Å². The fourth-order valence-electron chi connectivity index (χ4n) is 3.39. The molecule has 0 bridgehead atoms. The van der Waals surface area contributed by atoms with Crippen LogP contribution in [0.3, 0.4) is 0 Å². The predicted octanol–water partition coefficient (Wildman–Crippen LogP) is 1.84. The second-order valence-electron chi connectivity index (χ2n) is 6.17. The number of hydrogen-bond donors (Lipinski definition) is 0. The molecule has 3 heterocycles. The first-order valence-corrected chi connectivity index (χ1v) is 8.67. The monoisotopic (exact) mass is 310 g/mol. The molecule has 21 heavy (non-hydrogen) atoms. The molecule has 0 amide bonds. The molecular formula is C16H26N2O2S. The minimum absolute atomic E-state index is 0.415. The van der Waals surface area contributed by atoms with Crippen molar-refractivity contribution >= 4 is 11.3 Å². The molecule has 118 valence electrons. The summed E-state index contributed by atoms with van der Waals surface area (Å²) < 4.78 is 11.3. The molecule has 2 atom stereocenters. The Morgan fingerprint density at radius 1 is 1.29 bits per heavy atom. The third kappa shape index (κ3) is 4.05. The van der Waals surface area contributed by atoms with Gasteiger partial charge in [0.1, 0.15) is 0 Å². The van der Waals surface area contributed by atoms with Gasteiger partial charge < -0.3 is 9.47 Å². The average Bonchev–Trinajstić information content (AvgIpc) is 2.98. The van der Waals surface area contributed by atoms with Gasteiger partial charge in [0, 0.05) is 62.1 Å². The summed E-state index contributed by atoms with van der Waals surface area (Å²) >= 11 is 1.91. The number of hydrogen-bond acceptors (Lipinski definition) is 5. The molecular weight excluding hydrogens is 284 g/mol. The lowest BCUT2D eigenvalue weighted by atomic mass is 10.1. The number of aryl methyl sites for hydroxylation is 1. The van der Waals surface area contributed by atoms with Crippen molar-refractivity contribution in [1.82, 2.24) is 9.80 Å². The van der Waals surface area contributed by atoms with Crippen molar-refractivity contribution in [2.45, 2.75) is 19.6 Å². The van der Waals surface area contributed by atoms with Gasteiger partial charge in [-0.25, -0.2) is 0 Å². The number of methoxy groups -OCH3 is 1. The highest BCUT2D eigenvalue weighted by Gasteiger charge is 2.36. The van der Waals surface area contributed by atoms with Crippen LogP contribution >= 0.6 is 11.3 Å². The quantitative estimate of drug-likeness (QED) is 0.828. The maximum atomic E-state index is 6.09. The molecule has 2 fully saturated rings. The van der Waals surface area contributed by atoms with Crippen molar-refractivity contribution < 1.29 is 9.47 Å². The normalized spacial score (nSPS) is 27.7. The maximum Gasteiger partial charge on any atom is 0.0755 e. The number of nitrogens with zero attached hydrogens (tertiary/aromatic N) is 2. The molecule has 0 aliphatic carbocycles. The van der Waals surface area contributed by atoms with Crippen LogP contribution in [0.4, 0.5) is 0 Å². The fraction of sp³-hybridized carbons (Fsp3) is 0.750. The van der Waals surface area contributed by atoms with Crippen LogP contribution in [0.2, 0.25) is 0 Å². The van der Waals surface area contributed by atoms with Gasteiger partial charge in [0.15, 0.2) is 0 Å². The Morgan fingerprint density at radius 3 is 2.90 bits per heavy atom. The molecule has 4 nitrogen and oxygen atoms in total. The smallest absolute Gasteiger partial charge is 0.0755 e. The topological polar surface area (TPSA) is 24.9 Å². The lowest BCUT2D eigenvalue weighted by molar-refractivity contribution is 0.0507.